The van der Waals surface area contributed by atoms with E-state index in [-0.39, 0.29) is 5.41 Å². The molecule has 0 saturated heterocycles. The second-order valence-electron chi connectivity index (χ2n) is 5.76. The summed E-state index contributed by atoms with van der Waals surface area (Å²) >= 11 is 0. The third-order valence-electron chi connectivity index (χ3n) is 4.57. The zero-order chi connectivity index (χ0) is 13.7. The number of nitrogens with one attached hydrogen (secondary N) is 1. The maximum atomic E-state index is 5.64. The van der Waals surface area contributed by atoms with Crippen molar-refractivity contribution in [2.24, 2.45) is 0 Å². The predicted octanol–water partition coefficient (Wildman–Crippen LogP) is 3.68. The zero-order valence-corrected chi connectivity index (χ0v) is 12.6. The minimum absolute atomic E-state index is 0.267. The van der Waals surface area contributed by atoms with Crippen molar-refractivity contribution >= 4 is 0 Å². The molecule has 1 saturated carbocycles. The van der Waals surface area contributed by atoms with Gasteiger partial charge in [-0.2, -0.15) is 0 Å². The lowest BCUT2D eigenvalue weighted by atomic mass is 9.68. The highest BCUT2D eigenvalue weighted by Crippen LogP contribution is 2.43. The van der Waals surface area contributed by atoms with Crippen molar-refractivity contribution in [3.63, 3.8) is 0 Å². The molecule has 2 rings (SSSR count). The summed E-state index contributed by atoms with van der Waals surface area (Å²) in [6.07, 6.45) is 7.69. The van der Waals surface area contributed by atoms with Crippen LogP contribution in [-0.2, 0) is 11.8 Å². The maximum Gasteiger partial charge on any atom is 0.122 e. The van der Waals surface area contributed by atoms with Gasteiger partial charge >= 0.3 is 0 Å². The van der Waals surface area contributed by atoms with E-state index in [2.05, 4.69) is 37.5 Å². The van der Waals surface area contributed by atoms with Crippen LogP contribution in [0.4, 0.5) is 0 Å². The molecule has 1 fully saturated rings. The second kappa shape index (κ2) is 6.42. The molecule has 1 aliphatic carbocycles. The molecule has 1 aromatic carbocycles. The number of rotatable bonds is 5. The molecule has 0 atom stereocenters. The summed E-state index contributed by atoms with van der Waals surface area (Å²) < 4.78 is 5.64. The SMILES string of the molecule is CCc1ccc(OC)c(C2(CNC)CCCCC2)c1. The van der Waals surface area contributed by atoms with Gasteiger partial charge in [0.15, 0.2) is 0 Å². The van der Waals surface area contributed by atoms with Crippen LogP contribution in [0.2, 0.25) is 0 Å². The van der Waals surface area contributed by atoms with E-state index in [1.165, 1.54) is 43.2 Å². The Morgan fingerprint density at radius 2 is 1.95 bits per heavy atom. The molecule has 0 aromatic heterocycles. The first-order valence-electron chi connectivity index (χ1n) is 7.58. The monoisotopic (exact) mass is 261 g/mol. The lowest BCUT2D eigenvalue weighted by Gasteiger charge is -2.39. The van der Waals surface area contributed by atoms with E-state index in [0.717, 1.165) is 18.7 Å². The largest absolute Gasteiger partial charge is 0.496 e. The highest BCUT2D eigenvalue weighted by molar-refractivity contribution is 5.43. The van der Waals surface area contributed by atoms with Crippen molar-refractivity contribution in [2.75, 3.05) is 20.7 Å². The first-order valence-corrected chi connectivity index (χ1v) is 7.58. The van der Waals surface area contributed by atoms with Crippen LogP contribution in [0.1, 0.15) is 50.2 Å². The Morgan fingerprint density at radius 3 is 2.53 bits per heavy atom. The first-order chi connectivity index (χ1) is 9.25. The zero-order valence-electron chi connectivity index (χ0n) is 12.6. The standard InChI is InChI=1S/C17H27NO/c1-4-14-8-9-16(19-3)15(12-14)17(13-18-2)10-6-5-7-11-17/h8-9,12,18H,4-7,10-11,13H2,1-3H3. The van der Waals surface area contributed by atoms with E-state index >= 15 is 0 Å². The third-order valence-corrected chi connectivity index (χ3v) is 4.57. The average Bonchev–Trinajstić information content (AvgIpc) is 2.48. The molecule has 2 heteroatoms. The summed E-state index contributed by atoms with van der Waals surface area (Å²) in [5.74, 6) is 1.06. The average molecular weight is 261 g/mol. The molecule has 0 amide bonds. The molecule has 1 aliphatic rings. The molecule has 19 heavy (non-hydrogen) atoms. The molecule has 2 nitrogen and oxygen atoms in total. The number of ether oxygens (including phenoxy) is 1. The smallest absolute Gasteiger partial charge is 0.122 e. The summed E-state index contributed by atoms with van der Waals surface area (Å²) in [5.41, 5.74) is 3.10. The van der Waals surface area contributed by atoms with Gasteiger partial charge in [0.25, 0.3) is 0 Å². The van der Waals surface area contributed by atoms with Crippen LogP contribution >= 0.6 is 0 Å². The van der Waals surface area contributed by atoms with Gasteiger partial charge in [-0.05, 0) is 37.9 Å². The van der Waals surface area contributed by atoms with Crippen LogP contribution in [-0.4, -0.2) is 20.7 Å². The Balaban J connectivity index is 2.44. The second-order valence-corrected chi connectivity index (χ2v) is 5.76. The van der Waals surface area contributed by atoms with Crippen molar-refractivity contribution < 1.29 is 4.74 Å². The van der Waals surface area contributed by atoms with Crippen molar-refractivity contribution in [2.45, 2.75) is 50.9 Å². The van der Waals surface area contributed by atoms with Gasteiger partial charge < -0.3 is 10.1 Å². The quantitative estimate of drug-likeness (QED) is 0.873. The van der Waals surface area contributed by atoms with Crippen LogP contribution in [0.3, 0.4) is 0 Å². The number of hydrogen-bond donors (Lipinski definition) is 1. The highest BCUT2D eigenvalue weighted by atomic mass is 16.5. The minimum Gasteiger partial charge on any atom is -0.496 e. The molecule has 0 spiro atoms. The van der Waals surface area contributed by atoms with Gasteiger partial charge in [-0.3, -0.25) is 0 Å². The van der Waals surface area contributed by atoms with Gasteiger partial charge in [0, 0.05) is 17.5 Å². The fourth-order valence-electron chi connectivity index (χ4n) is 3.50. The molecule has 0 radical (unpaired) electrons. The Morgan fingerprint density at radius 1 is 1.21 bits per heavy atom. The molecule has 0 unspecified atom stereocenters. The van der Waals surface area contributed by atoms with Gasteiger partial charge in [-0.1, -0.05) is 38.3 Å². The fraction of sp³-hybridized carbons (Fsp3) is 0.647. The minimum atomic E-state index is 0.267. The number of methoxy groups -OCH3 is 1. The number of benzene rings is 1. The fourth-order valence-corrected chi connectivity index (χ4v) is 3.50. The van der Waals surface area contributed by atoms with Crippen molar-refractivity contribution in [1.82, 2.24) is 5.32 Å². The Hall–Kier alpha value is -1.02. The van der Waals surface area contributed by atoms with Crippen LogP contribution in [0.5, 0.6) is 5.75 Å². The summed E-state index contributed by atoms with van der Waals surface area (Å²) in [4.78, 5) is 0. The van der Waals surface area contributed by atoms with E-state index < -0.39 is 0 Å². The third kappa shape index (κ3) is 2.94. The van der Waals surface area contributed by atoms with E-state index in [0.29, 0.717) is 0 Å². The van der Waals surface area contributed by atoms with E-state index in [1.807, 2.05) is 0 Å². The molecular formula is C17H27NO. The topological polar surface area (TPSA) is 21.3 Å². The summed E-state index contributed by atoms with van der Waals surface area (Å²) in [6.45, 7) is 3.27. The first kappa shape index (κ1) is 14.4. The molecule has 0 bridgehead atoms. The van der Waals surface area contributed by atoms with E-state index in [1.54, 1.807) is 7.11 Å². The summed E-state index contributed by atoms with van der Waals surface area (Å²) in [5, 5.41) is 3.41. The molecule has 1 aromatic rings. The van der Waals surface area contributed by atoms with Crippen molar-refractivity contribution in [1.29, 1.82) is 0 Å². The number of aryl methyl sites for hydroxylation is 1. The summed E-state index contributed by atoms with van der Waals surface area (Å²) in [7, 11) is 3.85. The van der Waals surface area contributed by atoms with E-state index in [4.69, 9.17) is 4.74 Å². The normalized spacial score (nSPS) is 18.3. The lowest BCUT2D eigenvalue weighted by molar-refractivity contribution is 0.274. The molecular weight excluding hydrogens is 234 g/mol. The molecule has 1 N–H and O–H groups in total. The van der Waals surface area contributed by atoms with Gasteiger partial charge in [-0.15, -0.1) is 0 Å². The molecule has 0 heterocycles. The molecule has 106 valence electrons. The van der Waals surface area contributed by atoms with Crippen LogP contribution in [0.15, 0.2) is 18.2 Å². The lowest BCUT2D eigenvalue weighted by Crippen LogP contribution is -2.39. The van der Waals surface area contributed by atoms with Crippen molar-refractivity contribution in [3.05, 3.63) is 29.3 Å². The predicted molar refractivity (Wildman–Crippen MR) is 81.1 cm³/mol. The Kier molecular flexibility index (Phi) is 4.87. The van der Waals surface area contributed by atoms with Crippen LogP contribution in [0, 0.1) is 0 Å². The number of likely N-dealkylation sites (N-methyl/N-ethyl adjacent to an activating group) is 1. The Bertz CT molecular complexity index is 402. The van der Waals surface area contributed by atoms with Crippen molar-refractivity contribution in [3.8, 4) is 5.75 Å². The maximum absolute atomic E-state index is 5.64. The summed E-state index contributed by atoms with van der Waals surface area (Å²) in [6, 6.07) is 6.72. The van der Waals surface area contributed by atoms with Gasteiger partial charge in [-0.25, -0.2) is 0 Å². The Labute approximate surface area is 117 Å². The van der Waals surface area contributed by atoms with Crippen LogP contribution in [0.25, 0.3) is 0 Å². The highest BCUT2D eigenvalue weighted by Gasteiger charge is 2.35. The van der Waals surface area contributed by atoms with Gasteiger partial charge in [0.2, 0.25) is 0 Å². The van der Waals surface area contributed by atoms with Gasteiger partial charge in [0.1, 0.15) is 5.75 Å². The van der Waals surface area contributed by atoms with E-state index in [9.17, 15) is 0 Å². The number of hydrogen-bond acceptors (Lipinski definition) is 2. The van der Waals surface area contributed by atoms with Crippen LogP contribution < -0.4 is 10.1 Å². The van der Waals surface area contributed by atoms with Gasteiger partial charge in [0.05, 0.1) is 7.11 Å². The molecule has 0 aliphatic heterocycles.